The summed E-state index contributed by atoms with van der Waals surface area (Å²) in [5.41, 5.74) is 8.71. The lowest BCUT2D eigenvalue weighted by Crippen LogP contribution is -2.50. The van der Waals surface area contributed by atoms with E-state index in [4.69, 9.17) is 0 Å². The molecule has 0 radical (unpaired) electrons. The van der Waals surface area contributed by atoms with Crippen LogP contribution in [0.2, 0.25) is 0 Å². The van der Waals surface area contributed by atoms with Crippen LogP contribution >= 0.6 is 0 Å². The zero-order valence-corrected chi connectivity index (χ0v) is 20.2. The molecule has 0 saturated heterocycles. The number of rotatable bonds is 1. The Bertz CT molecular complexity index is 1470. The van der Waals surface area contributed by atoms with Gasteiger partial charge in [-0.2, -0.15) is 0 Å². The number of H-pyrrole nitrogens is 1. The maximum atomic E-state index is 13.4. The van der Waals surface area contributed by atoms with Crippen LogP contribution in [0.3, 0.4) is 0 Å². The van der Waals surface area contributed by atoms with Gasteiger partial charge < -0.3 is 15.4 Å². The molecule has 5 rings (SSSR count). The van der Waals surface area contributed by atoms with Crippen molar-refractivity contribution in [2.75, 3.05) is 5.32 Å². The molecular formula is C30H29FN2O. The van der Waals surface area contributed by atoms with Crippen molar-refractivity contribution in [1.82, 2.24) is 4.98 Å². The van der Waals surface area contributed by atoms with Crippen LogP contribution in [0.1, 0.15) is 54.5 Å². The zero-order valence-electron chi connectivity index (χ0n) is 20.2. The van der Waals surface area contributed by atoms with Gasteiger partial charge in [-0.05, 0) is 74.7 Å². The molecule has 1 aliphatic rings. The van der Waals surface area contributed by atoms with E-state index in [0.717, 1.165) is 44.6 Å². The molecule has 3 N–H and O–H groups in total. The Hall–Kier alpha value is -3.55. The molecule has 0 unspecified atom stereocenters. The molecule has 172 valence electrons. The molecule has 0 spiro atoms. The van der Waals surface area contributed by atoms with Crippen molar-refractivity contribution in [1.29, 1.82) is 0 Å². The van der Waals surface area contributed by atoms with E-state index in [1.165, 1.54) is 23.1 Å². The molecule has 0 amide bonds. The van der Waals surface area contributed by atoms with Gasteiger partial charge in [0.25, 0.3) is 0 Å². The van der Waals surface area contributed by atoms with Crippen molar-refractivity contribution in [3.63, 3.8) is 0 Å². The number of nitrogens with one attached hydrogen (secondary N) is 2. The molecule has 34 heavy (non-hydrogen) atoms. The van der Waals surface area contributed by atoms with Gasteiger partial charge in [0.05, 0.1) is 17.2 Å². The highest BCUT2D eigenvalue weighted by molar-refractivity contribution is 5.98. The van der Waals surface area contributed by atoms with Gasteiger partial charge in [-0.15, -0.1) is 0 Å². The number of aromatic nitrogens is 1. The number of anilines is 1. The number of fused-ring (bicyclic) bond motifs is 2. The highest BCUT2D eigenvalue weighted by atomic mass is 19.1. The van der Waals surface area contributed by atoms with E-state index in [0.29, 0.717) is 0 Å². The number of aryl methyl sites for hydroxylation is 2. The summed E-state index contributed by atoms with van der Waals surface area (Å²) in [4.78, 5) is 3.44. The monoisotopic (exact) mass is 452 g/mol. The molecular weight excluding hydrogens is 423 g/mol. The summed E-state index contributed by atoms with van der Waals surface area (Å²) in [5.74, 6) is 6.26. The quantitative estimate of drug-likeness (QED) is 0.283. The molecule has 3 nitrogen and oxygen atoms in total. The normalized spacial score (nSPS) is 18.7. The number of aliphatic hydroxyl groups is 1. The van der Waals surface area contributed by atoms with Crippen LogP contribution in [0.4, 0.5) is 10.1 Å². The predicted molar refractivity (Wildman–Crippen MR) is 138 cm³/mol. The van der Waals surface area contributed by atoms with Gasteiger partial charge >= 0.3 is 0 Å². The molecule has 4 aromatic rings. The Labute approximate surface area is 200 Å². The van der Waals surface area contributed by atoms with Crippen LogP contribution in [0, 0.1) is 31.5 Å². The highest BCUT2D eigenvalue weighted by Gasteiger charge is 2.40. The average Bonchev–Trinajstić information content (AvgIpc) is 3.19. The standard InChI is InChI=1S/C30H29FN2O/c1-17-15-25(24-8-6-7-22-18(2)16-32-28(22)24)23(14-11-20-9-12-21(31)13-10-20)26-19(3)29(34)30(4,5)33-27(17)26/h6-10,12-13,15-16,19,29,32-34H,1-5H3/t19-,29+/m1/s1. The van der Waals surface area contributed by atoms with E-state index in [1.807, 2.05) is 20.0 Å². The van der Waals surface area contributed by atoms with Crippen molar-refractivity contribution in [2.24, 2.45) is 0 Å². The second-order valence-corrected chi connectivity index (χ2v) is 9.94. The molecule has 0 fully saturated rings. The molecule has 3 aromatic carbocycles. The van der Waals surface area contributed by atoms with E-state index < -0.39 is 11.6 Å². The van der Waals surface area contributed by atoms with E-state index in [1.54, 1.807) is 12.1 Å². The largest absolute Gasteiger partial charge is 0.390 e. The minimum Gasteiger partial charge on any atom is -0.390 e. The van der Waals surface area contributed by atoms with Crippen molar-refractivity contribution < 1.29 is 9.50 Å². The predicted octanol–water partition coefficient (Wildman–Crippen LogP) is 6.66. The Morgan fingerprint density at radius 2 is 1.71 bits per heavy atom. The first-order valence-electron chi connectivity index (χ1n) is 11.7. The highest BCUT2D eigenvalue weighted by Crippen LogP contribution is 2.46. The lowest BCUT2D eigenvalue weighted by molar-refractivity contribution is 0.0868. The van der Waals surface area contributed by atoms with E-state index >= 15 is 0 Å². The number of aliphatic hydroxyl groups excluding tert-OH is 1. The topological polar surface area (TPSA) is 48.0 Å². The minimum atomic E-state index is -0.579. The third kappa shape index (κ3) is 3.57. The summed E-state index contributed by atoms with van der Waals surface area (Å²) >= 11 is 0. The summed E-state index contributed by atoms with van der Waals surface area (Å²) in [5, 5.41) is 15.9. The van der Waals surface area contributed by atoms with Crippen molar-refractivity contribution in [2.45, 2.75) is 52.2 Å². The number of hydrogen-bond acceptors (Lipinski definition) is 2. The van der Waals surface area contributed by atoms with Crippen molar-refractivity contribution in [3.05, 3.63) is 88.4 Å². The van der Waals surface area contributed by atoms with Gasteiger partial charge in [0.1, 0.15) is 5.82 Å². The van der Waals surface area contributed by atoms with E-state index in [2.05, 4.69) is 67.2 Å². The number of aromatic amines is 1. The second-order valence-electron chi connectivity index (χ2n) is 9.94. The summed E-state index contributed by atoms with van der Waals surface area (Å²) in [6, 6.07) is 14.7. The van der Waals surface area contributed by atoms with Gasteiger partial charge in [-0.3, -0.25) is 0 Å². The molecule has 0 bridgehead atoms. The fourth-order valence-electron chi connectivity index (χ4n) is 5.18. The lowest BCUT2D eigenvalue weighted by Gasteiger charge is -2.43. The molecule has 4 heteroatoms. The first-order valence-corrected chi connectivity index (χ1v) is 11.7. The average molecular weight is 453 g/mol. The third-order valence-corrected chi connectivity index (χ3v) is 7.07. The van der Waals surface area contributed by atoms with Crippen LogP contribution in [0.15, 0.2) is 54.7 Å². The minimum absolute atomic E-state index is 0.119. The zero-order chi connectivity index (χ0) is 24.2. The van der Waals surface area contributed by atoms with Gasteiger partial charge in [0, 0.05) is 45.4 Å². The van der Waals surface area contributed by atoms with Crippen LogP contribution < -0.4 is 5.32 Å². The molecule has 0 saturated carbocycles. The number of halogens is 1. The molecule has 2 atom stereocenters. The lowest BCUT2D eigenvalue weighted by atomic mass is 9.75. The maximum Gasteiger partial charge on any atom is 0.123 e. The van der Waals surface area contributed by atoms with Crippen LogP contribution in [-0.4, -0.2) is 21.7 Å². The Balaban J connectivity index is 1.82. The second kappa shape index (κ2) is 8.04. The summed E-state index contributed by atoms with van der Waals surface area (Å²) in [6.07, 6.45) is 1.45. The van der Waals surface area contributed by atoms with Crippen LogP contribution in [0.25, 0.3) is 22.0 Å². The van der Waals surface area contributed by atoms with Crippen LogP contribution in [0.5, 0.6) is 0 Å². The number of benzene rings is 3. The third-order valence-electron chi connectivity index (χ3n) is 7.07. The molecule has 1 aliphatic heterocycles. The Kier molecular flexibility index (Phi) is 5.26. The van der Waals surface area contributed by atoms with Gasteiger partial charge in [-0.1, -0.05) is 37.0 Å². The first kappa shape index (κ1) is 22.3. The summed E-state index contributed by atoms with van der Waals surface area (Å²) < 4.78 is 13.4. The van der Waals surface area contributed by atoms with E-state index in [-0.39, 0.29) is 11.7 Å². The fraction of sp³-hybridized carbons (Fsp3) is 0.267. The van der Waals surface area contributed by atoms with Gasteiger partial charge in [0.15, 0.2) is 0 Å². The molecule has 2 heterocycles. The van der Waals surface area contributed by atoms with Gasteiger partial charge in [-0.25, -0.2) is 4.39 Å². The van der Waals surface area contributed by atoms with Crippen molar-refractivity contribution in [3.8, 4) is 23.0 Å². The summed E-state index contributed by atoms with van der Waals surface area (Å²) in [7, 11) is 0. The Morgan fingerprint density at radius 3 is 2.44 bits per heavy atom. The Morgan fingerprint density at radius 1 is 0.971 bits per heavy atom. The summed E-state index contributed by atoms with van der Waals surface area (Å²) in [6.45, 7) is 10.3. The fourth-order valence-corrected chi connectivity index (χ4v) is 5.18. The SMILES string of the molecule is Cc1cc(-c2cccc3c(C)c[nH]c23)c(C#Cc2ccc(F)cc2)c2c1NC(C)(C)[C@@H](O)[C@@H]2C. The smallest absolute Gasteiger partial charge is 0.123 e. The van der Waals surface area contributed by atoms with E-state index in [9.17, 15) is 9.50 Å². The van der Waals surface area contributed by atoms with Crippen molar-refractivity contribution >= 4 is 16.6 Å². The number of hydrogen-bond donors (Lipinski definition) is 3. The molecule has 0 aliphatic carbocycles. The maximum absolute atomic E-state index is 13.4. The van der Waals surface area contributed by atoms with Gasteiger partial charge in [0.2, 0.25) is 0 Å². The van der Waals surface area contributed by atoms with Crippen LogP contribution in [-0.2, 0) is 0 Å². The number of para-hydroxylation sites is 1. The first-order chi connectivity index (χ1) is 16.2. The molecule has 1 aromatic heterocycles.